The molecule has 90 valence electrons. The van der Waals surface area contributed by atoms with E-state index in [2.05, 4.69) is 41.0 Å². The van der Waals surface area contributed by atoms with Crippen molar-refractivity contribution in [2.75, 3.05) is 26.7 Å². The molecule has 1 fully saturated rings. The molecule has 2 rings (SSSR count). The van der Waals surface area contributed by atoms with Crippen molar-refractivity contribution in [3.63, 3.8) is 0 Å². The maximum atomic E-state index is 3.71. The van der Waals surface area contributed by atoms with E-state index in [-0.39, 0.29) is 0 Å². The van der Waals surface area contributed by atoms with Gasteiger partial charge in [-0.3, -0.25) is 0 Å². The minimum absolute atomic E-state index is 0.717. The fraction of sp³-hybridized carbons (Fsp3) is 0.692. The highest BCUT2D eigenvalue weighted by Gasteiger charge is 2.23. The molecule has 3 heteroatoms. The summed E-state index contributed by atoms with van der Waals surface area (Å²) >= 11 is 1.79. The van der Waals surface area contributed by atoms with Crippen LogP contribution in [-0.2, 0) is 6.42 Å². The molecule has 1 aliphatic rings. The van der Waals surface area contributed by atoms with Crippen LogP contribution in [0, 0.1) is 5.92 Å². The normalized spacial score (nSPS) is 27.1. The van der Waals surface area contributed by atoms with Gasteiger partial charge in [-0.15, -0.1) is 0 Å². The SMILES string of the molecule is CC1CN(C)CCC1NCCc1ccsc1. The molecule has 1 aromatic heterocycles. The van der Waals surface area contributed by atoms with Crippen LogP contribution in [0.25, 0.3) is 0 Å². The van der Waals surface area contributed by atoms with Gasteiger partial charge in [-0.2, -0.15) is 11.3 Å². The van der Waals surface area contributed by atoms with Crippen LogP contribution in [0.5, 0.6) is 0 Å². The smallest absolute Gasteiger partial charge is 0.0117 e. The Labute approximate surface area is 103 Å². The third kappa shape index (κ3) is 3.30. The van der Waals surface area contributed by atoms with Crippen LogP contribution in [0.4, 0.5) is 0 Å². The Bertz CT molecular complexity index is 297. The lowest BCUT2D eigenvalue weighted by Crippen LogP contribution is -2.47. The van der Waals surface area contributed by atoms with Crippen LogP contribution in [-0.4, -0.2) is 37.6 Å². The maximum absolute atomic E-state index is 3.71. The van der Waals surface area contributed by atoms with Gasteiger partial charge in [0, 0.05) is 12.6 Å². The van der Waals surface area contributed by atoms with E-state index in [9.17, 15) is 0 Å². The van der Waals surface area contributed by atoms with Crippen LogP contribution < -0.4 is 5.32 Å². The first-order valence-electron chi connectivity index (χ1n) is 6.18. The van der Waals surface area contributed by atoms with Crippen LogP contribution in [0.3, 0.4) is 0 Å². The van der Waals surface area contributed by atoms with Gasteiger partial charge in [-0.1, -0.05) is 6.92 Å². The zero-order valence-electron chi connectivity index (χ0n) is 10.3. The zero-order chi connectivity index (χ0) is 11.4. The summed E-state index contributed by atoms with van der Waals surface area (Å²) in [6, 6.07) is 2.94. The van der Waals surface area contributed by atoms with Crippen LogP contribution >= 0.6 is 11.3 Å². The van der Waals surface area contributed by atoms with Gasteiger partial charge in [0.1, 0.15) is 0 Å². The second-order valence-electron chi connectivity index (χ2n) is 4.97. The average molecular weight is 238 g/mol. The minimum atomic E-state index is 0.717. The molecule has 1 aliphatic heterocycles. The summed E-state index contributed by atoms with van der Waals surface area (Å²) < 4.78 is 0. The van der Waals surface area contributed by atoms with Gasteiger partial charge in [0.25, 0.3) is 0 Å². The van der Waals surface area contributed by atoms with Crippen molar-refractivity contribution >= 4 is 11.3 Å². The van der Waals surface area contributed by atoms with E-state index in [0.717, 1.165) is 18.5 Å². The molecule has 1 N–H and O–H groups in total. The number of likely N-dealkylation sites (tertiary alicyclic amines) is 1. The van der Waals surface area contributed by atoms with Gasteiger partial charge in [-0.25, -0.2) is 0 Å². The lowest BCUT2D eigenvalue weighted by atomic mass is 9.94. The van der Waals surface area contributed by atoms with Crippen molar-refractivity contribution in [2.45, 2.75) is 25.8 Å². The standard InChI is InChI=1S/C13H22N2S/c1-11-9-15(2)7-4-13(11)14-6-3-12-5-8-16-10-12/h5,8,10-11,13-14H,3-4,6-7,9H2,1-2H3. The second kappa shape index (κ2) is 5.80. The molecule has 16 heavy (non-hydrogen) atoms. The molecule has 1 saturated heterocycles. The van der Waals surface area contributed by atoms with Gasteiger partial charge in [-0.05, 0) is 61.3 Å². The molecule has 2 atom stereocenters. The van der Waals surface area contributed by atoms with Crippen molar-refractivity contribution in [1.82, 2.24) is 10.2 Å². The summed E-state index contributed by atoms with van der Waals surface area (Å²) in [6.07, 6.45) is 2.46. The molecular weight excluding hydrogens is 216 g/mol. The predicted octanol–water partition coefficient (Wildman–Crippen LogP) is 2.22. The molecule has 0 spiro atoms. The van der Waals surface area contributed by atoms with Gasteiger partial charge in [0.2, 0.25) is 0 Å². The molecule has 2 unspecified atom stereocenters. The van der Waals surface area contributed by atoms with Crippen LogP contribution in [0.2, 0.25) is 0 Å². The summed E-state index contributed by atoms with van der Waals surface area (Å²) in [7, 11) is 2.22. The average Bonchev–Trinajstić information content (AvgIpc) is 2.74. The Morgan fingerprint density at radius 1 is 1.56 bits per heavy atom. The van der Waals surface area contributed by atoms with E-state index in [1.807, 2.05) is 0 Å². The Balaban J connectivity index is 1.69. The number of nitrogens with zero attached hydrogens (tertiary/aromatic N) is 1. The van der Waals surface area contributed by atoms with Crippen molar-refractivity contribution in [3.8, 4) is 0 Å². The van der Waals surface area contributed by atoms with Crippen molar-refractivity contribution in [3.05, 3.63) is 22.4 Å². The Hall–Kier alpha value is -0.380. The van der Waals surface area contributed by atoms with Gasteiger partial charge in [0.05, 0.1) is 0 Å². The van der Waals surface area contributed by atoms with E-state index in [4.69, 9.17) is 0 Å². The zero-order valence-corrected chi connectivity index (χ0v) is 11.1. The fourth-order valence-electron chi connectivity index (χ4n) is 2.49. The Morgan fingerprint density at radius 3 is 3.12 bits per heavy atom. The number of hydrogen-bond donors (Lipinski definition) is 1. The van der Waals surface area contributed by atoms with Crippen molar-refractivity contribution in [2.24, 2.45) is 5.92 Å². The van der Waals surface area contributed by atoms with E-state index < -0.39 is 0 Å². The molecule has 0 bridgehead atoms. The first-order chi connectivity index (χ1) is 7.75. The first kappa shape index (κ1) is 12.1. The van der Waals surface area contributed by atoms with Crippen molar-refractivity contribution in [1.29, 1.82) is 0 Å². The number of hydrogen-bond acceptors (Lipinski definition) is 3. The lowest BCUT2D eigenvalue weighted by Gasteiger charge is -2.35. The van der Waals surface area contributed by atoms with E-state index in [1.54, 1.807) is 11.3 Å². The summed E-state index contributed by atoms with van der Waals surface area (Å²) in [6.45, 7) is 5.95. The topological polar surface area (TPSA) is 15.3 Å². The third-order valence-corrected chi connectivity index (χ3v) is 4.24. The number of thiophene rings is 1. The first-order valence-corrected chi connectivity index (χ1v) is 7.13. The van der Waals surface area contributed by atoms with Crippen LogP contribution in [0.1, 0.15) is 18.9 Å². The number of rotatable bonds is 4. The van der Waals surface area contributed by atoms with Crippen LogP contribution in [0.15, 0.2) is 16.8 Å². The van der Waals surface area contributed by atoms with Gasteiger partial charge in [0.15, 0.2) is 0 Å². The van der Waals surface area contributed by atoms with Gasteiger partial charge >= 0.3 is 0 Å². The highest BCUT2D eigenvalue weighted by molar-refractivity contribution is 7.07. The molecule has 0 amide bonds. The molecule has 2 nitrogen and oxygen atoms in total. The van der Waals surface area contributed by atoms with Crippen molar-refractivity contribution < 1.29 is 0 Å². The van der Waals surface area contributed by atoms with Gasteiger partial charge < -0.3 is 10.2 Å². The minimum Gasteiger partial charge on any atom is -0.313 e. The number of nitrogens with one attached hydrogen (secondary N) is 1. The quantitative estimate of drug-likeness (QED) is 0.865. The largest absolute Gasteiger partial charge is 0.313 e. The highest BCUT2D eigenvalue weighted by Crippen LogP contribution is 2.15. The third-order valence-electron chi connectivity index (χ3n) is 3.51. The predicted molar refractivity (Wildman–Crippen MR) is 71.1 cm³/mol. The Morgan fingerprint density at radius 2 is 2.44 bits per heavy atom. The molecule has 0 aliphatic carbocycles. The molecule has 0 radical (unpaired) electrons. The number of piperidine rings is 1. The summed E-state index contributed by atoms with van der Waals surface area (Å²) in [5.74, 6) is 0.779. The summed E-state index contributed by atoms with van der Waals surface area (Å²) in [4.78, 5) is 2.43. The maximum Gasteiger partial charge on any atom is 0.0117 e. The van der Waals surface area contributed by atoms with E-state index in [0.29, 0.717) is 0 Å². The molecule has 2 heterocycles. The van der Waals surface area contributed by atoms with E-state index in [1.165, 1.54) is 31.5 Å². The Kier molecular flexibility index (Phi) is 4.38. The monoisotopic (exact) mass is 238 g/mol. The molecular formula is C13H22N2S. The van der Waals surface area contributed by atoms with E-state index >= 15 is 0 Å². The molecule has 0 saturated carbocycles. The fourth-order valence-corrected chi connectivity index (χ4v) is 3.20. The highest BCUT2D eigenvalue weighted by atomic mass is 32.1. The molecule has 0 aromatic carbocycles. The summed E-state index contributed by atoms with van der Waals surface area (Å²) in [5.41, 5.74) is 1.47. The molecule has 1 aromatic rings. The second-order valence-corrected chi connectivity index (χ2v) is 5.75. The summed E-state index contributed by atoms with van der Waals surface area (Å²) in [5, 5.41) is 8.12. The lowest BCUT2D eigenvalue weighted by molar-refractivity contribution is 0.176.